The van der Waals surface area contributed by atoms with Crippen LogP contribution in [0.3, 0.4) is 0 Å². The minimum absolute atomic E-state index is 0. The van der Waals surface area contributed by atoms with E-state index in [9.17, 15) is 0 Å². The molecule has 0 amide bonds. The minimum atomic E-state index is 0. The third-order valence-corrected chi connectivity index (χ3v) is 17.5. The molecule has 0 saturated heterocycles. The topological polar surface area (TPSA) is 56.7 Å². The van der Waals surface area contributed by atoms with Gasteiger partial charge in [0.1, 0.15) is 5.65 Å². The predicted molar refractivity (Wildman–Crippen MR) is 350 cm³/mol. The van der Waals surface area contributed by atoms with Crippen LogP contribution in [0.4, 0.5) is 0 Å². The van der Waals surface area contributed by atoms with Crippen molar-refractivity contribution in [2.24, 2.45) is 0 Å². The van der Waals surface area contributed by atoms with Crippen LogP contribution in [-0.2, 0) is 21.1 Å². The van der Waals surface area contributed by atoms with E-state index in [1.807, 2.05) is 6.07 Å². The maximum atomic E-state index is 7.00. The first kappa shape index (κ1) is 58.4. The first-order chi connectivity index (χ1) is 39.8. The molecule has 0 aliphatic carbocycles. The number of aromatic nitrogens is 5. The molecule has 0 aliphatic heterocycles. The molecular formula is C77H79N5OPt. The molecule has 428 valence electrons. The largest absolute Gasteiger partial charge is 2.00 e. The van der Waals surface area contributed by atoms with Crippen LogP contribution in [0.5, 0.6) is 11.5 Å². The molecule has 0 atom stereocenters. The molecule has 0 N–H and O–H groups in total. The summed E-state index contributed by atoms with van der Waals surface area (Å²) in [5.74, 6) is 3.66. The number of nitrogens with zero attached hydrogens (tertiary/aromatic N) is 5. The molecular weight excluding hydrogens is 1210 g/mol. The van der Waals surface area contributed by atoms with Gasteiger partial charge in [0, 0.05) is 46.1 Å². The molecule has 0 saturated carbocycles. The Morgan fingerprint density at radius 2 is 0.714 bits per heavy atom. The molecule has 0 unspecified atom stereocenters. The molecule has 7 aromatic carbocycles. The summed E-state index contributed by atoms with van der Waals surface area (Å²) in [6.07, 6.45) is 4.15. The quantitative estimate of drug-likeness (QED) is 0.0804. The Bertz CT molecular complexity index is 4120. The molecule has 0 spiro atoms. The molecule has 0 radical (unpaired) electrons. The summed E-state index contributed by atoms with van der Waals surface area (Å²) >= 11 is 0. The maximum absolute atomic E-state index is 7.00. The number of fused-ring (bicyclic) bond motifs is 12. The van der Waals surface area contributed by atoms with Gasteiger partial charge in [-0.2, -0.15) is 0 Å². The predicted octanol–water partition coefficient (Wildman–Crippen LogP) is 22.0. The van der Waals surface area contributed by atoms with Gasteiger partial charge in [0.15, 0.2) is 0 Å². The van der Waals surface area contributed by atoms with Gasteiger partial charge >= 0.3 is 21.1 Å². The minimum Gasteiger partial charge on any atom is -0.497 e. The van der Waals surface area contributed by atoms with E-state index in [0.29, 0.717) is 47.0 Å². The van der Waals surface area contributed by atoms with E-state index in [1.165, 1.54) is 72.3 Å². The van der Waals surface area contributed by atoms with Crippen molar-refractivity contribution in [3.05, 3.63) is 196 Å². The van der Waals surface area contributed by atoms with Crippen molar-refractivity contribution in [3.8, 4) is 56.4 Å². The van der Waals surface area contributed by atoms with Crippen molar-refractivity contribution in [1.29, 1.82) is 0 Å². The van der Waals surface area contributed by atoms with E-state index in [4.69, 9.17) is 19.7 Å². The van der Waals surface area contributed by atoms with Crippen LogP contribution < -0.4 is 4.74 Å². The summed E-state index contributed by atoms with van der Waals surface area (Å²) in [7, 11) is 0. The Morgan fingerprint density at radius 3 is 1.14 bits per heavy atom. The van der Waals surface area contributed by atoms with E-state index in [0.717, 1.165) is 71.9 Å². The summed E-state index contributed by atoms with van der Waals surface area (Å²) < 4.78 is 11.7. The van der Waals surface area contributed by atoms with Gasteiger partial charge in [-0.1, -0.05) is 248 Å². The van der Waals surface area contributed by atoms with Crippen LogP contribution in [0.1, 0.15) is 203 Å². The molecule has 5 aromatic heterocycles. The summed E-state index contributed by atoms with van der Waals surface area (Å²) in [6, 6.07) is 54.7. The summed E-state index contributed by atoms with van der Waals surface area (Å²) in [4.78, 5) is 16.5. The summed E-state index contributed by atoms with van der Waals surface area (Å²) in [6.45, 7) is 36.7. The standard InChI is InChI=1S/C77H79N5O.Pt/c1-42(2)53-21-17-22-54(43(3)4)71(53)50-29-32-63-61-33-30-51(38-65(61)75-78-40-69(81(75)68(63)37-50)73-57(46(9)10)25-19-26-58(73)47(11)12)83-52-31-34-62-64-35-36-67(72-55(44(5)6)23-18-24-56(72)45(7)8)80-77(64)82-70(41-79-76(82)66(62)39-52)74-59(48(13)14)27-20-28-60(74)49(15)16;/h17-37,40-49H,1-16H3;/q-2;+2. The van der Waals surface area contributed by atoms with Crippen molar-refractivity contribution in [3.63, 3.8) is 0 Å². The molecule has 6 nitrogen and oxygen atoms in total. The van der Waals surface area contributed by atoms with Crippen molar-refractivity contribution in [1.82, 2.24) is 23.8 Å². The summed E-state index contributed by atoms with van der Waals surface area (Å²) in [5.41, 5.74) is 23.4. The Hall–Kier alpha value is -7.40. The number of ether oxygens (including phenoxy) is 1. The number of pyridine rings is 3. The van der Waals surface area contributed by atoms with Crippen LogP contribution >= 0.6 is 0 Å². The van der Waals surface area contributed by atoms with Crippen molar-refractivity contribution in [2.45, 2.75) is 158 Å². The van der Waals surface area contributed by atoms with Crippen molar-refractivity contribution < 1.29 is 25.8 Å². The Balaban J connectivity index is 0.00000736. The maximum Gasteiger partial charge on any atom is 2.00 e. The number of rotatable bonds is 14. The average molecular weight is 1290 g/mol. The van der Waals surface area contributed by atoms with E-state index < -0.39 is 0 Å². The van der Waals surface area contributed by atoms with Crippen molar-refractivity contribution in [2.75, 3.05) is 0 Å². The van der Waals surface area contributed by atoms with Crippen LogP contribution in [0, 0.1) is 12.1 Å². The van der Waals surface area contributed by atoms with Crippen LogP contribution in [0.25, 0.3) is 99.7 Å². The molecule has 0 fully saturated rings. The van der Waals surface area contributed by atoms with Gasteiger partial charge in [-0.05, 0) is 126 Å². The number of hydrogen-bond donors (Lipinski definition) is 0. The van der Waals surface area contributed by atoms with Crippen LogP contribution in [0.2, 0.25) is 0 Å². The first-order valence-electron chi connectivity index (χ1n) is 30.5. The van der Waals surface area contributed by atoms with Gasteiger partial charge in [0.05, 0.1) is 28.4 Å². The zero-order chi connectivity index (χ0) is 58.4. The summed E-state index contributed by atoms with van der Waals surface area (Å²) in [5, 5.41) is 5.99. The molecule has 5 heterocycles. The van der Waals surface area contributed by atoms with Crippen LogP contribution in [0.15, 0.2) is 140 Å². The number of hydrogen-bond acceptors (Lipinski definition) is 4. The Kier molecular flexibility index (Phi) is 15.9. The molecule has 7 heteroatoms. The van der Waals surface area contributed by atoms with Gasteiger partial charge in [0.25, 0.3) is 0 Å². The zero-order valence-corrected chi connectivity index (χ0v) is 54.1. The SMILES string of the molecule is CC(C)c1cccc(C(C)C)c1-c1ccc2c3ccc(Oc4[c-]c5c(cc4)c4ccc(-c6c(C(C)C)cccc6C(C)C)nc4n4c(-c6c(C(C)C)cccc6C(C)C)cnc54)[c-]c3c3ncc(-c4c(C(C)C)cccc4C(C)C)n3c2c1.[Pt+2]. The molecule has 0 aliphatic rings. The number of imidazole rings is 2. The van der Waals surface area contributed by atoms with Gasteiger partial charge in [-0.25, -0.2) is 4.98 Å². The molecule has 12 rings (SSSR count). The molecule has 84 heavy (non-hydrogen) atoms. The third-order valence-electron chi connectivity index (χ3n) is 17.5. The third kappa shape index (κ3) is 9.84. The molecule has 12 aromatic rings. The molecule has 0 bridgehead atoms. The fraction of sp³-hybridized carbons (Fsp3) is 0.312. The zero-order valence-electron chi connectivity index (χ0n) is 51.9. The Labute approximate surface area is 512 Å². The smallest absolute Gasteiger partial charge is 0.497 e. The fourth-order valence-corrected chi connectivity index (χ4v) is 13.3. The van der Waals surface area contributed by atoms with Crippen LogP contribution in [-0.4, -0.2) is 23.8 Å². The average Bonchev–Trinajstić information content (AvgIpc) is 3.88. The fourth-order valence-electron chi connectivity index (χ4n) is 13.3. The number of benzene rings is 7. The van der Waals surface area contributed by atoms with Gasteiger partial charge in [-0.15, -0.1) is 12.1 Å². The second kappa shape index (κ2) is 22.9. The van der Waals surface area contributed by atoms with E-state index >= 15 is 0 Å². The van der Waals surface area contributed by atoms with Gasteiger partial charge in [0.2, 0.25) is 0 Å². The van der Waals surface area contributed by atoms with E-state index in [2.05, 4.69) is 265 Å². The second-order valence-corrected chi connectivity index (χ2v) is 25.7. The van der Waals surface area contributed by atoms with Gasteiger partial charge in [-0.3, -0.25) is 9.97 Å². The van der Waals surface area contributed by atoms with E-state index in [-0.39, 0.29) is 32.9 Å². The first-order valence-corrected chi connectivity index (χ1v) is 30.5. The monoisotopic (exact) mass is 1280 g/mol. The normalized spacial score (nSPS) is 12.3. The van der Waals surface area contributed by atoms with E-state index in [1.54, 1.807) is 0 Å². The Morgan fingerprint density at radius 1 is 0.357 bits per heavy atom. The van der Waals surface area contributed by atoms with Crippen molar-refractivity contribution >= 4 is 54.8 Å². The second-order valence-electron chi connectivity index (χ2n) is 25.7. The van der Waals surface area contributed by atoms with Gasteiger partial charge < -0.3 is 13.5 Å².